The lowest BCUT2D eigenvalue weighted by Crippen LogP contribution is -2.08. The van der Waals surface area contributed by atoms with Crippen LogP contribution in [0, 0.1) is 11.3 Å². The molecule has 1 aromatic heterocycles. The molecule has 2 rings (SSSR count). The highest BCUT2D eigenvalue weighted by molar-refractivity contribution is 7.98. The first-order chi connectivity index (χ1) is 9.35. The molecule has 0 amide bonds. The maximum atomic E-state index is 9.22. The smallest absolute Gasteiger partial charge is 0.102 e. The molecule has 0 radical (unpaired) electrons. The van der Waals surface area contributed by atoms with Gasteiger partial charge in [-0.1, -0.05) is 6.07 Å². The SMILES string of the molecule is CSc1cccc(NCCCn2cccn2)c1C#N. The van der Waals surface area contributed by atoms with Crippen LogP contribution in [0.15, 0.2) is 41.6 Å². The lowest BCUT2D eigenvalue weighted by molar-refractivity contribution is 0.592. The minimum atomic E-state index is 0.731. The maximum Gasteiger partial charge on any atom is 0.102 e. The molecule has 19 heavy (non-hydrogen) atoms. The number of aryl methyl sites for hydroxylation is 1. The molecule has 1 N–H and O–H groups in total. The Bertz CT molecular complexity index is 557. The fraction of sp³-hybridized carbons (Fsp3) is 0.286. The Morgan fingerprint density at radius 1 is 1.42 bits per heavy atom. The minimum absolute atomic E-state index is 0.731. The first-order valence-electron chi connectivity index (χ1n) is 6.13. The van der Waals surface area contributed by atoms with E-state index in [0.29, 0.717) is 0 Å². The summed E-state index contributed by atoms with van der Waals surface area (Å²) in [5.41, 5.74) is 1.64. The Morgan fingerprint density at radius 3 is 3.00 bits per heavy atom. The number of nitrogens with one attached hydrogen (secondary N) is 1. The summed E-state index contributed by atoms with van der Waals surface area (Å²) in [5.74, 6) is 0. The van der Waals surface area contributed by atoms with Crippen molar-refractivity contribution in [1.29, 1.82) is 5.26 Å². The predicted molar refractivity (Wildman–Crippen MR) is 78.3 cm³/mol. The molecule has 0 saturated carbocycles. The van der Waals surface area contributed by atoms with Gasteiger partial charge in [0.05, 0.1) is 11.3 Å². The number of thioether (sulfide) groups is 1. The van der Waals surface area contributed by atoms with Crippen molar-refractivity contribution in [3.63, 3.8) is 0 Å². The summed E-state index contributed by atoms with van der Waals surface area (Å²) in [5, 5.41) is 16.7. The number of rotatable bonds is 6. The third-order valence-electron chi connectivity index (χ3n) is 2.80. The summed E-state index contributed by atoms with van der Waals surface area (Å²) >= 11 is 1.59. The molecule has 0 fully saturated rings. The van der Waals surface area contributed by atoms with Crippen LogP contribution >= 0.6 is 11.8 Å². The van der Waals surface area contributed by atoms with E-state index in [4.69, 9.17) is 0 Å². The van der Waals surface area contributed by atoms with E-state index < -0.39 is 0 Å². The van der Waals surface area contributed by atoms with Crippen LogP contribution in [-0.2, 0) is 6.54 Å². The van der Waals surface area contributed by atoms with Crippen molar-refractivity contribution in [2.24, 2.45) is 0 Å². The van der Waals surface area contributed by atoms with Crippen LogP contribution in [0.25, 0.3) is 0 Å². The van der Waals surface area contributed by atoms with Gasteiger partial charge in [-0.2, -0.15) is 10.4 Å². The molecule has 1 aromatic carbocycles. The van der Waals surface area contributed by atoms with E-state index >= 15 is 0 Å². The molecule has 0 spiro atoms. The van der Waals surface area contributed by atoms with Gasteiger partial charge in [0.1, 0.15) is 6.07 Å². The summed E-state index contributed by atoms with van der Waals surface area (Å²) in [4.78, 5) is 1.01. The Balaban J connectivity index is 1.91. The standard InChI is InChI=1S/C14H16N4S/c1-19-14-6-2-5-13(12(14)11-15)16-7-3-9-18-10-4-8-17-18/h2,4-6,8,10,16H,3,7,9H2,1H3. The number of benzene rings is 1. The van der Waals surface area contributed by atoms with Crippen LogP contribution in [0.5, 0.6) is 0 Å². The van der Waals surface area contributed by atoms with Crippen molar-refractivity contribution < 1.29 is 0 Å². The van der Waals surface area contributed by atoms with E-state index in [1.807, 2.05) is 41.4 Å². The van der Waals surface area contributed by atoms with E-state index in [1.54, 1.807) is 18.0 Å². The zero-order valence-corrected chi connectivity index (χ0v) is 11.7. The molecule has 0 atom stereocenters. The number of nitrogens with zero attached hydrogens (tertiary/aromatic N) is 3. The van der Waals surface area contributed by atoms with Crippen LogP contribution in [0.1, 0.15) is 12.0 Å². The van der Waals surface area contributed by atoms with E-state index in [0.717, 1.165) is 35.7 Å². The van der Waals surface area contributed by atoms with E-state index in [9.17, 15) is 5.26 Å². The Labute approximate surface area is 117 Å². The summed E-state index contributed by atoms with van der Waals surface area (Å²) < 4.78 is 1.91. The fourth-order valence-electron chi connectivity index (χ4n) is 1.86. The molecule has 2 aromatic rings. The Kier molecular flexibility index (Phi) is 4.87. The van der Waals surface area contributed by atoms with Gasteiger partial charge in [0.25, 0.3) is 0 Å². The number of nitriles is 1. The normalized spacial score (nSPS) is 10.1. The second kappa shape index (κ2) is 6.86. The lowest BCUT2D eigenvalue weighted by Gasteiger charge is -2.10. The van der Waals surface area contributed by atoms with Gasteiger partial charge >= 0.3 is 0 Å². The molecule has 0 aliphatic heterocycles. The molecule has 0 saturated heterocycles. The van der Waals surface area contributed by atoms with Gasteiger partial charge in [-0.15, -0.1) is 11.8 Å². The highest BCUT2D eigenvalue weighted by Crippen LogP contribution is 2.26. The van der Waals surface area contributed by atoms with E-state index in [1.165, 1.54) is 0 Å². The molecule has 0 bridgehead atoms. The predicted octanol–water partition coefficient (Wildman–Crippen LogP) is 2.98. The fourth-order valence-corrected chi connectivity index (χ4v) is 2.44. The van der Waals surface area contributed by atoms with E-state index in [2.05, 4.69) is 16.5 Å². The van der Waals surface area contributed by atoms with Crippen molar-refractivity contribution in [1.82, 2.24) is 9.78 Å². The van der Waals surface area contributed by atoms with Crippen molar-refractivity contribution in [2.75, 3.05) is 18.1 Å². The monoisotopic (exact) mass is 272 g/mol. The van der Waals surface area contributed by atoms with Crippen LogP contribution in [0.2, 0.25) is 0 Å². The van der Waals surface area contributed by atoms with Crippen molar-refractivity contribution in [3.8, 4) is 6.07 Å². The highest BCUT2D eigenvalue weighted by Gasteiger charge is 2.06. The molecule has 98 valence electrons. The van der Waals surface area contributed by atoms with E-state index in [-0.39, 0.29) is 0 Å². The van der Waals surface area contributed by atoms with Crippen molar-refractivity contribution >= 4 is 17.4 Å². The number of hydrogen-bond donors (Lipinski definition) is 1. The average Bonchev–Trinajstić information content (AvgIpc) is 2.96. The molecular formula is C14H16N4S. The van der Waals surface area contributed by atoms with Gasteiger partial charge in [-0.05, 0) is 30.9 Å². The van der Waals surface area contributed by atoms with Gasteiger partial charge in [0.15, 0.2) is 0 Å². The summed E-state index contributed by atoms with van der Waals surface area (Å²) in [6.07, 6.45) is 6.69. The first kappa shape index (κ1) is 13.5. The highest BCUT2D eigenvalue weighted by atomic mass is 32.2. The lowest BCUT2D eigenvalue weighted by atomic mass is 10.2. The molecular weight excluding hydrogens is 256 g/mol. The number of hydrogen-bond acceptors (Lipinski definition) is 4. The van der Waals surface area contributed by atoms with Gasteiger partial charge < -0.3 is 5.32 Å². The summed E-state index contributed by atoms with van der Waals surface area (Å²) in [6.45, 7) is 1.70. The van der Waals surface area contributed by atoms with Crippen LogP contribution < -0.4 is 5.32 Å². The summed E-state index contributed by atoms with van der Waals surface area (Å²) in [7, 11) is 0. The number of anilines is 1. The minimum Gasteiger partial charge on any atom is -0.384 e. The van der Waals surface area contributed by atoms with Gasteiger partial charge in [0, 0.05) is 30.4 Å². The second-order valence-corrected chi connectivity index (χ2v) is 4.89. The van der Waals surface area contributed by atoms with Crippen molar-refractivity contribution in [3.05, 3.63) is 42.2 Å². The maximum absolute atomic E-state index is 9.22. The van der Waals surface area contributed by atoms with Gasteiger partial charge in [-0.3, -0.25) is 4.68 Å². The Morgan fingerprint density at radius 2 is 2.32 bits per heavy atom. The third kappa shape index (κ3) is 3.52. The number of aromatic nitrogens is 2. The second-order valence-electron chi connectivity index (χ2n) is 4.04. The van der Waals surface area contributed by atoms with Gasteiger partial charge in [0.2, 0.25) is 0 Å². The third-order valence-corrected chi connectivity index (χ3v) is 3.58. The first-order valence-corrected chi connectivity index (χ1v) is 7.36. The zero-order valence-electron chi connectivity index (χ0n) is 10.8. The molecule has 0 aliphatic rings. The van der Waals surface area contributed by atoms with Crippen LogP contribution in [0.3, 0.4) is 0 Å². The Hall–Kier alpha value is -1.93. The molecule has 5 heteroatoms. The molecule has 4 nitrogen and oxygen atoms in total. The average molecular weight is 272 g/mol. The molecule has 0 unspecified atom stereocenters. The van der Waals surface area contributed by atoms with Gasteiger partial charge in [-0.25, -0.2) is 0 Å². The van der Waals surface area contributed by atoms with Crippen LogP contribution in [-0.4, -0.2) is 22.6 Å². The molecule has 0 aliphatic carbocycles. The quantitative estimate of drug-likeness (QED) is 0.649. The van der Waals surface area contributed by atoms with Crippen molar-refractivity contribution in [2.45, 2.75) is 17.9 Å². The molecule has 1 heterocycles. The zero-order chi connectivity index (χ0) is 13.5. The largest absolute Gasteiger partial charge is 0.384 e. The van der Waals surface area contributed by atoms with Crippen LogP contribution in [0.4, 0.5) is 5.69 Å². The summed E-state index contributed by atoms with van der Waals surface area (Å²) in [6, 6.07) is 10.1. The topological polar surface area (TPSA) is 53.6 Å².